The number of hydrogen-bond acceptors (Lipinski definition) is 3. The molecule has 5 nitrogen and oxygen atoms in total. The minimum Gasteiger partial charge on any atom is -0.335 e. The van der Waals surface area contributed by atoms with Gasteiger partial charge in [-0.2, -0.15) is 0 Å². The molecule has 1 aliphatic carbocycles. The molecule has 1 saturated carbocycles. The van der Waals surface area contributed by atoms with Gasteiger partial charge in [-0.15, -0.1) is 0 Å². The third kappa shape index (κ3) is 2.60. The van der Waals surface area contributed by atoms with Gasteiger partial charge in [-0.25, -0.2) is 0 Å². The van der Waals surface area contributed by atoms with E-state index in [9.17, 15) is 14.9 Å². The molecule has 0 radical (unpaired) electrons. The van der Waals surface area contributed by atoms with Gasteiger partial charge in [0.1, 0.15) is 5.56 Å². The molecule has 1 aromatic rings. The minimum atomic E-state index is -0.426. The molecule has 1 heterocycles. The van der Waals surface area contributed by atoms with Crippen molar-refractivity contribution in [1.29, 1.82) is 0 Å². The fraction of sp³-hybridized carbons (Fsp3) is 0.588. The van der Waals surface area contributed by atoms with Gasteiger partial charge in [0.25, 0.3) is 11.6 Å². The number of hydrogen-bond donors (Lipinski definition) is 0. The second kappa shape index (κ2) is 6.07. The molecule has 0 spiro atoms. The number of carbonyl (C=O) groups excluding carboxylic acids is 1. The monoisotopic (exact) mass is 302 g/mol. The maximum Gasteiger partial charge on any atom is 0.285 e. The number of likely N-dealkylation sites (tertiary alicyclic amines) is 1. The zero-order valence-electron chi connectivity index (χ0n) is 13.0. The van der Waals surface area contributed by atoms with Gasteiger partial charge in [0, 0.05) is 18.2 Å². The molecule has 2 fully saturated rings. The fourth-order valence-electron chi connectivity index (χ4n) is 4.11. The van der Waals surface area contributed by atoms with Crippen molar-refractivity contribution < 1.29 is 9.72 Å². The molecular formula is C17H22N2O3. The van der Waals surface area contributed by atoms with Crippen LogP contribution in [0.25, 0.3) is 0 Å². The average Bonchev–Trinajstić information content (AvgIpc) is 2.53. The molecule has 0 aromatic heterocycles. The fourth-order valence-corrected chi connectivity index (χ4v) is 4.11. The Hall–Kier alpha value is -1.91. The highest BCUT2D eigenvalue weighted by Gasteiger charge is 2.37. The van der Waals surface area contributed by atoms with Crippen molar-refractivity contribution in [3.05, 3.63) is 39.4 Å². The lowest BCUT2D eigenvalue weighted by molar-refractivity contribution is -0.385. The molecule has 2 aliphatic rings. The second-order valence-electron chi connectivity index (χ2n) is 6.48. The van der Waals surface area contributed by atoms with Crippen LogP contribution in [0.5, 0.6) is 0 Å². The summed E-state index contributed by atoms with van der Waals surface area (Å²) in [5, 5.41) is 11.3. The van der Waals surface area contributed by atoms with Crippen LogP contribution in [0, 0.1) is 23.0 Å². The van der Waals surface area contributed by atoms with E-state index in [-0.39, 0.29) is 23.2 Å². The summed E-state index contributed by atoms with van der Waals surface area (Å²) in [5.41, 5.74) is 0.759. The van der Waals surface area contributed by atoms with E-state index in [4.69, 9.17) is 0 Å². The van der Waals surface area contributed by atoms with Gasteiger partial charge < -0.3 is 4.90 Å². The number of rotatable bonds is 2. The Morgan fingerprint density at radius 1 is 1.23 bits per heavy atom. The first-order chi connectivity index (χ1) is 10.6. The molecule has 118 valence electrons. The SMILES string of the molecule is Cc1cccc(C(=O)N2CCC[C@H]3CCCC[C@H]32)c1[N+](=O)[O-]. The van der Waals surface area contributed by atoms with Gasteiger partial charge in [0.2, 0.25) is 0 Å². The second-order valence-corrected chi connectivity index (χ2v) is 6.48. The van der Waals surface area contributed by atoms with E-state index in [0.717, 1.165) is 25.8 Å². The van der Waals surface area contributed by atoms with E-state index in [1.54, 1.807) is 25.1 Å². The number of benzene rings is 1. The Labute approximate surface area is 130 Å². The number of aryl methyl sites for hydroxylation is 1. The number of nitrogens with zero attached hydrogens (tertiary/aromatic N) is 2. The number of fused-ring (bicyclic) bond motifs is 1. The number of para-hydroxylation sites is 1. The summed E-state index contributed by atoms with van der Waals surface area (Å²) in [7, 11) is 0. The minimum absolute atomic E-state index is 0.0366. The van der Waals surface area contributed by atoms with E-state index in [0.29, 0.717) is 11.5 Å². The summed E-state index contributed by atoms with van der Waals surface area (Å²) < 4.78 is 0. The number of nitro groups is 1. The lowest BCUT2D eigenvalue weighted by Gasteiger charge is -2.44. The summed E-state index contributed by atoms with van der Waals surface area (Å²) in [6.07, 6.45) is 6.81. The lowest BCUT2D eigenvalue weighted by Crippen LogP contribution is -2.49. The van der Waals surface area contributed by atoms with Gasteiger partial charge in [-0.1, -0.05) is 25.0 Å². The van der Waals surface area contributed by atoms with Gasteiger partial charge in [-0.05, 0) is 44.6 Å². The molecule has 0 unspecified atom stereocenters. The predicted octanol–water partition coefficient (Wildman–Crippen LogP) is 3.70. The average molecular weight is 302 g/mol. The molecular weight excluding hydrogens is 280 g/mol. The smallest absolute Gasteiger partial charge is 0.285 e. The van der Waals surface area contributed by atoms with E-state index >= 15 is 0 Å². The maximum absolute atomic E-state index is 13.0. The van der Waals surface area contributed by atoms with Crippen molar-refractivity contribution in [3.63, 3.8) is 0 Å². The van der Waals surface area contributed by atoms with Gasteiger partial charge in [-0.3, -0.25) is 14.9 Å². The Balaban J connectivity index is 1.93. The summed E-state index contributed by atoms with van der Waals surface area (Å²) >= 11 is 0. The van der Waals surface area contributed by atoms with Gasteiger partial charge in [0.15, 0.2) is 0 Å². The zero-order valence-corrected chi connectivity index (χ0v) is 13.0. The van der Waals surface area contributed by atoms with E-state index < -0.39 is 4.92 Å². The first kappa shape index (κ1) is 15.0. The van der Waals surface area contributed by atoms with Crippen molar-refractivity contribution in [2.45, 2.75) is 51.5 Å². The number of nitro benzene ring substituents is 1. The summed E-state index contributed by atoms with van der Waals surface area (Å²) in [6, 6.07) is 5.29. The van der Waals surface area contributed by atoms with E-state index in [1.165, 1.54) is 19.3 Å². The number of piperidine rings is 1. The molecule has 2 atom stereocenters. The van der Waals surface area contributed by atoms with Crippen molar-refractivity contribution >= 4 is 11.6 Å². The lowest BCUT2D eigenvalue weighted by atomic mass is 9.78. The zero-order chi connectivity index (χ0) is 15.7. The molecule has 5 heteroatoms. The van der Waals surface area contributed by atoms with Crippen LogP contribution in [0.3, 0.4) is 0 Å². The first-order valence-corrected chi connectivity index (χ1v) is 8.14. The Bertz CT molecular complexity index is 598. The van der Waals surface area contributed by atoms with Crippen LogP contribution in [0.1, 0.15) is 54.4 Å². The topological polar surface area (TPSA) is 63.5 Å². The van der Waals surface area contributed by atoms with Crippen molar-refractivity contribution in [3.8, 4) is 0 Å². The third-order valence-corrected chi connectivity index (χ3v) is 5.15. The van der Waals surface area contributed by atoms with Crippen molar-refractivity contribution in [1.82, 2.24) is 4.90 Å². The highest BCUT2D eigenvalue weighted by Crippen LogP contribution is 2.37. The molecule has 1 amide bonds. The van der Waals surface area contributed by atoms with E-state index in [2.05, 4.69) is 0 Å². The Kier molecular flexibility index (Phi) is 4.14. The maximum atomic E-state index is 13.0. The number of amides is 1. The largest absolute Gasteiger partial charge is 0.335 e. The quantitative estimate of drug-likeness (QED) is 0.618. The number of carbonyl (C=O) groups is 1. The van der Waals surface area contributed by atoms with Crippen LogP contribution in [-0.4, -0.2) is 28.3 Å². The van der Waals surface area contributed by atoms with E-state index in [1.807, 2.05) is 4.90 Å². The molecule has 0 N–H and O–H groups in total. The standard InChI is InChI=1S/C17H22N2O3/c1-12-6-4-9-14(16(12)19(21)22)17(20)18-11-5-8-13-7-2-3-10-15(13)18/h4,6,9,13,15H,2-3,5,7-8,10-11H2,1H3/t13-,15-/m1/s1. The molecule has 1 saturated heterocycles. The summed E-state index contributed by atoms with van der Waals surface area (Å²) in [6.45, 7) is 2.42. The Morgan fingerprint density at radius 2 is 1.95 bits per heavy atom. The highest BCUT2D eigenvalue weighted by molar-refractivity contribution is 5.99. The van der Waals surface area contributed by atoms with Gasteiger partial charge in [0.05, 0.1) is 4.92 Å². The first-order valence-electron chi connectivity index (χ1n) is 8.14. The van der Waals surface area contributed by atoms with Crippen LogP contribution in [-0.2, 0) is 0 Å². The Morgan fingerprint density at radius 3 is 2.73 bits per heavy atom. The van der Waals surface area contributed by atoms with Crippen LogP contribution in [0.4, 0.5) is 5.69 Å². The highest BCUT2D eigenvalue weighted by atomic mass is 16.6. The normalized spacial score (nSPS) is 24.7. The van der Waals surface area contributed by atoms with Crippen LogP contribution in [0.15, 0.2) is 18.2 Å². The molecule has 0 bridgehead atoms. The molecule has 22 heavy (non-hydrogen) atoms. The summed E-state index contributed by atoms with van der Waals surface area (Å²) in [5.74, 6) is 0.419. The van der Waals surface area contributed by atoms with Crippen LogP contribution >= 0.6 is 0 Å². The van der Waals surface area contributed by atoms with Gasteiger partial charge >= 0.3 is 0 Å². The summed E-state index contributed by atoms with van der Waals surface area (Å²) in [4.78, 5) is 25.8. The van der Waals surface area contributed by atoms with Crippen molar-refractivity contribution in [2.24, 2.45) is 5.92 Å². The van der Waals surface area contributed by atoms with Crippen molar-refractivity contribution in [2.75, 3.05) is 6.54 Å². The molecule has 1 aliphatic heterocycles. The third-order valence-electron chi connectivity index (χ3n) is 5.15. The molecule has 3 rings (SSSR count). The van der Waals surface area contributed by atoms with Crippen LogP contribution < -0.4 is 0 Å². The molecule has 1 aromatic carbocycles. The predicted molar refractivity (Wildman–Crippen MR) is 83.8 cm³/mol. The van der Waals surface area contributed by atoms with Crippen LogP contribution in [0.2, 0.25) is 0 Å².